The van der Waals surface area contributed by atoms with Gasteiger partial charge in [0.05, 0.1) is 23.6 Å². The van der Waals surface area contributed by atoms with Gasteiger partial charge in [-0.05, 0) is 39.8 Å². The maximum absolute atomic E-state index is 12.2. The number of hydrogen-bond donors (Lipinski definition) is 2. The highest BCUT2D eigenvalue weighted by Crippen LogP contribution is 2.14. The van der Waals surface area contributed by atoms with Gasteiger partial charge in [0.2, 0.25) is 0 Å². The molecule has 0 saturated heterocycles. The predicted molar refractivity (Wildman–Crippen MR) is 90.0 cm³/mol. The molecule has 0 aliphatic carbocycles. The lowest BCUT2D eigenvalue weighted by atomic mass is 10.2. The minimum Gasteiger partial charge on any atom is -0.444 e. The highest BCUT2D eigenvalue weighted by Gasteiger charge is 2.17. The van der Waals surface area contributed by atoms with Crippen LogP contribution in [0.3, 0.4) is 0 Å². The fourth-order valence-electron chi connectivity index (χ4n) is 1.87. The number of pyridine rings is 1. The third kappa shape index (κ3) is 4.55. The molecule has 2 heterocycles. The number of hydrogen-bond acceptors (Lipinski definition) is 5. The molecule has 2 rings (SSSR count). The van der Waals surface area contributed by atoms with Crippen molar-refractivity contribution in [3.63, 3.8) is 0 Å². The van der Waals surface area contributed by atoms with Gasteiger partial charge in [-0.15, -0.1) is 0 Å². The average molecular weight is 331 g/mol. The van der Waals surface area contributed by atoms with Gasteiger partial charge < -0.3 is 10.1 Å². The molecule has 24 heavy (non-hydrogen) atoms. The maximum atomic E-state index is 12.2. The number of aromatic nitrogens is 3. The van der Waals surface area contributed by atoms with E-state index in [1.54, 1.807) is 44.6 Å². The first-order chi connectivity index (χ1) is 11.2. The van der Waals surface area contributed by atoms with E-state index in [1.165, 1.54) is 12.4 Å². The fraction of sp³-hybridized carbons (Fsp3) is 0.375. The van der Waals surface area contributed by atoms with Crippen LogP contribution in [0.5, 0.6) is 0 Å². The highest BCUT2D eigenvalue weighted by molar-refractivity contribution is 6.04. The van der Waals surface area contributed by atoms with Crippen LogP contribution in [0, 0.1) is 6.92 Å². The molecule has 8 nitrogen and oxygen atoms in total. The van der Waals surface area contributed by atoms with Gasteiger partial charge >= 0.3 is 6.09 Å². The summed E-state index contributed by atoms with van der Waals surface area (Å²) in [5.41, 5.74) is 1.19. The summed E-state index contributed by atoms with van der Waals surface area (Å²) in [5.74, 6) is 0.0649. The van der Waals surface area contributed by atoms with E-state index in [4.69, 9.17) is 4.74 Å². The molecule has 0 unspecified atom stereocenters. The Morgan fingerprint density at radius 2 is 1.88 bits per heavy atom. The van der Waals surface area contributed by atoms with Crippen molar-refractivity contribution in [2.75, 3.05) is 10.6 Å². The Balaban J connectivity index is 1.98. The van der Waals surface area contributed by atoms with Crippen molar-refractivity contribution < 1.29 is 14.3 Å². The Morgan fingerprint density at radius 3 is 2.38 bits per heavy atom. The molecule has 2 amide bonds. The largest absolute Gasteiger partial charge is 0.444 e. The van der Waals surface area contributed by atoms with Gasteiger partial charge in [-0.25, -0.2) is 9.78 Å². The van der Waals surface area contributed by atoms with E-state index in [-0.39, 0.29) is 5.91 Å². The summed E-state index contributed by atoms with van der Waals surface area (Å²) in [6.07, 6.45) is 2.38. The monoisotopic (exact) mass is 331 g/mol. The Morgan fingerprint density at radius 1 is 1.17 bits per heavy atom. The molecule has 2 aromatic heterocycles. The summed E-state index contributed by atoms with van der Waals surface area (Å²) in [7, 11) is 1.77. The van der Waals surface area contributed by atoms with Gasteiger partial charge in [0.1, 0.15) is 11.4 Å². The molecule has 0 atom stereocenters. The minimum atomic E-state index is -0.585. The topological polar surface area (TPSA) is 98.1 Å². The molecule has 0 bridgehead atoms. The van der Waals surface area contributed by atoms with E-state index in [2.05, 4.69) is 20.7 Å². The zero-order valence-corrected chi connectivity index (χ0v) is 14.4. The molecule has 0 fully saturated rings. The number of anilines is 2. The Hall–Kier alpha value is -2.90. The van der Waals surface area contributed by atoms with Crippen LogP contribution in [0.4, 0.5) is 16.3 Å². The summed E-state index contributed by atoms with van der Waals surface area (Å²) in [6, 6.07) is 3.22. The third-order valence-electron chi connectivity index (χ3n) is 3.13. The highest BCUT2D eigenvalue weighted by atomic mass is 16.6. The van der Waals surface area contributed by atoms with Crippen molar-refractivity contribution in [1.82, 2.24) is 14.8 Å². The molecule has 0 radical (unpaired) electrons. The SMILES string of the molecule is Cc1c(C(=O)Nc2ccc(NC(=O)OC(C)(C)C)nc2)cnn1C. The number of nitrogens with zero attached hydrogens (tertiary/aromatic N) is 3. The number of amides is 2. The molecule has 0 aliphatic heterocycles. The van der Waals surface area contributed by atoms with Crippen molar-refractivity contribution in [1.29, 1.82) is 0 Å². The van der Waals surface area contributed by atoms with Crippen LogP contribution in [0.15, 0.2) is 24.5 Å². The van der Waals surface area contributed by atoms with Gasteiger partial charge in [-0.3, -0.25) is 14.8 Å². The number of nitrogens with one attached hydrogen (secondary N) is 2. The quantitative estimate of drug-likeness (QED) is 0.901. The second-order valence-electron chi connectivity index (χ2n) is 6.28. The third-order valence-corrected chi connectivity index (χ3v) is 3.13. The van der Waals surface area contributed by atoms with E-state index in [1.807, 2.05) is 6.92 Å². The number of aryl methyl sites for hydroxylation is 1. The molecule has 2 aromatic rings. The van der Waals surface area contributed by atoms with E-state index < -0.39 is 11.7 Å². The number of carbonyl (C=O) groups excluding carboxylic acids is 2. The standard InChI is InChI=1S/C16H21N5O3/c1-10-12(9-18-21(10)5)14(22)19-11-6-7-13(17-8-11)20-15(23)24-16(2,3)4/h6-9H,1-5H3,(H,19,22)(H,17,20,23). The van der Waals surface area contributed by atoms with E-state index in [0.717, 1.165) is 5.69 Å². The van der Waals surface area contributed by atoms with E-state index >= 15 is 0 Å². The van der Waals surface area contributed by atoms with Gasteiger partial charge in [0.15, 0.2) is 0 Å². The van der Waals surface area contributed by atoms with Crippen molar-refractivity contribution in [3.05, 3.63) is 35.8 Å². The summed E-state index contributed by atoms with van der Waals surface area (Å²) in [4.78, 5) is 27.9. The van der Waals surface area contributed by atoms with Gasteiger partial charge in [-0.2, -0.15) is 5.10 Å². The second kappa shape index (κ2) is 6.69. The van der Waals surface area contributed by atoms with Crippen molar-refractivity contribution in [2.45, 2.75) is 33.3 Å². The smallest absolute Gasteiger partial charge is 0.413 e. The molecule has 0 aliphatic rings. The fourth-order valence-corrected chi connectivity index (χ4v) is 1.87. The lowest BCUT2D eigenvalue weighted by Gasteiger charge is -2.19. The molecule has 0 spiro atoms. The first kappa shape index (κ1) is 17.5. The molecular weight excluding hydrogens is 310 g/mol. The molecule has 8 heteroatoms. The lowest BCUT2D eigenvalue weighted by molar-refractivity contribution is 0.0635. The van der Waals surface area contributed by atoms with Gasteiger partial charge in [0.25, 0.3) is 5.91 Å². The minimum absolute atomic E-state index is 0.268. The molecule has 2 N–H and O–H groups in total. The Bertz CT molecular complexity index is 744. The normalized spacial score (nSPS) is 11.0. The van der Waals surface area contributed by atoms with E-state index in [9.17, 15) is 9.59 Å². The number of rotatable bonds is 3. The summed E-state index contributed by atoms with van der Waals surface area (Å²) < 4.78 is 6.77. The molecule has 0 saturated carbocycles. The lowest BCUT2D eigenvalue weighted by Crippen LogP contribution is -2.27. The van der Waals surface area contributed by atoms with Gasteiger partial charge in [0, 0.05) is 12.7 Å². The van der Waals surface area contributed by atoms with Gasteiger partial charge in [-0.1, -0.05) is 0 Å². The van der Waals surface area contributed by atoms with Crippen LogP contribution in [-0.2, 0) is 11.8 Å². The molecule has 128 valence electrons. The Labute approximate surface area is 140 Å². The van der Waals surface area contributed by atoms with Crippen LogP contribution >= 0.6 is 0 Å². The molecular formula is C16H21N5O3. The van der Waals surface area contributed by atoms with Crippen LogP contribution in [0.1, 0.15) is 36.8 Å². The van der Waals surface area contributed by atoms with Crippen LogP contribution in [0.25, 0.3) is 0 Å². The van der Waals surface area contributed by atoms with Crippen LogP contribution in [-0.4, -0.2) is 32.4 Å². The van der Waals surface area contributed by atoms with Crippen LogP contribution < -0.4 is 10.6 Å². The Kier molecular flexibility index (Phi) is 4.87. The number of ether oxygens (including phenoxy) is 1. The van der Waals surface area contributed by atoms with Crippen LogP contribution in [0.2, 0.25) is 0 Å². The summed E-state index contributed by atoms with van der Waals surface area (Å²) in [5, 5.41) is 9.29. The first-order valence-corrected chi connectivity index (χ1v) is 7.42. The zero-order chi connectivity index (χ0) is 17.9. The van der Waals surface area contributed by atoms with E-state index in [0.29, 0.717) is 17.1 Å². The van der Waals surface area contributed by atoms with Crippen molar-refractivity contribution >= 4 is 23.5 Å². The van der Waals surface area contributed by atoms with Crippen molar-refractivity contribution in [2.24, 2.45) is 7.05 Å². The molecule has 0 aromatic carbocycles. The predicted octanol–water partition coefficient (Wildman–Crippen LogP) is 2.72. The average Bonchev–Trinajstić information content (AvgIpc) is 2.79. The first-order valence-electron chi connectivity index (χ1n) is 7.42. The summed E-state index contributed by atoms with van der Waals surface area (Å²) in [6.45, 7) is 7.14. The summed E-state index contributed by atoms with van der Waals surface area (Å²) >= 11 is 0. The maximum Gasteiger partial charge on any atom is 0.413 e. The number of carbonyl (C=O) groups is 2. The second-order valence-corrected chi connectivity index (χ2v) is 6.28. The zero-order valence-electron chi connectivity index (χ0n) is 14.4. The van der Waals surface area contributed by atoms with Crippen molar-refractivity contribution in [3.8, 4) is 0 Å².